The highest BCUT2D eigenvalue weighted by Crippen LogP contribution is 2.13. The molecule has 1 aliphatic heterocycles. The molecular weight excluding hydrogens is 200 g/mol. The maximum absolute atomic E-state index is 5.43. The number of nitrogens with one attached hydrogen (secondary N) is 1. The van der Waals surface area contributed by atoms with Gasteiger partial charge in [0.25, 0.3) is 0 Å². The quantitative estimate of drug-likeness (QED) is 0.642. The van der Waals surface area contributed by atoms with E-state index in [1.165, 1.54) is 51.6 Å². The van der Waals surface area contributed by atoms with E-state index < -0.39 is 0 Å². The second-order valence-electron chi connectivity index (χ2n) is 4.82. The number of methoxy groups -OCH3 is 1. The molecule has 0 aliphatic carbocycles. The standard InChI is InChI=1S/C13H28N2O/c1-14-9-5-3-4-6-10-15-11-7-8-13(12-15)16-2/h13-14H,3-12H2,1-2H3. The van der Waals surface area contributed by atoms with Gasteiger partial charge in [-0.15, -0.1) is 0 Å². The molecule has 0 amide bonds. The van der Waals surface area contributed by atoms with E-state index in [0.717, 1.165) is 13.1 Å². The number of hydrogen-bond acceptors (Lipinski definition) is 3. The molecule has 16 heavy (non-hydrogen) atoms. The van der Waals surface area contributed by atoms with Crippen molar-refractivity contribution in [3.63, 3.8) is 0 Å². The third-order valence-corrected chi connectivity index (χ3v) is 3.45. The number of rotatable bonds is 8. The van der Waals surface area contributed by atoms with Gasteiger partial charge in [0, 0.05) is 13.7 Å². The number of likely N-dealkylation sites (tertiary alicyclic amines) is 1. The summed E-state index contributed by atoms with van der Waals surface area (Å²) >= 11 is 0. The molecule has 0 saturated carbocycles. The van der Waals surface area contributed by atoms with E-state index in [2.05, 4.69) is 10.2 Å². The van der Waals surface area contributed by atoms with Crippen molar-refractivity contribution >= 4 is 0 Å². The molecule has 96 valence electrons. The van der Waals surface area contributed by atoms with Gasteiger partial charge in [-0.1, -0.05) is 12.8 Å². The van der Waals surface area contributed by atoms with E-state index in [-0.39, 0.29) is 0 Å². The van der Waals surface area contributed by atoms with Crippen LogP contribution in [-0.4, -0.2) is 51.3 Å². The van der Waals surface area contributed by atoms with Crippen molar-refractivity contribution in [1.82, 2.24) is 10.2 Å². The van der Waals surface area contributed by atoms with Crippen LogP contribution in [0.4, 0.5) is 0 Å². The Bertz CT molecular complexity index is 164. The first kappa shape index (κ1) is 13.9. The average molecular weight is 228 g/mol. The summed E-state index contributed by atoms with van der Waals surface area (Å²) < 4.78 is 5.43. The maximum Gasteiger partial charge on any atom is 0.0698 e. The van der Waals surface area contributed by atoms with E-state index in [9.17, 15) is 0 Å². The molecule has 1 fully saturated rings. The van der Waals surface area contributed by atoms with Gasteiger partial charge < -0.3 is 15.0 Å². The Morgan fingerprint density at radius 2 is 2.06 bits per heavy atom. The van der Waals surface area contributed by atoms with Crippen molar-refractivity contribution in [3.8, 4) is 0 Å². The van der Waals surface area contributed by atoms with E-state index in [0.29, 0.717) is 6.10 Å². The minimum atomic E-state index is 0.484. The number of nitrogens with zero attached hydrogens (tertiary/aromatic N) is 1. The molecule has 0 aromatic carbocycles. The van der Waals surface area contributed by atoms with Gasteiger partial charge in [0.2, 0.25) is 0 Å². The Labute approximate surface area is 101 Å². The highest BCUT2D eigenvalue weighted by Gasteiger charge is 2.18. The zero-order valence-electron chi connectivity index (χ0n) is 11.0. The molecule has 1 aliphatic rings. The third kappa shape index (κ3) is 5.83. The monoisotopic (exact) mass is 228 g/mol. The number of piperidine rings is 1. The second-order valence-corrected chi connectivity index (χ2v) is 4.82. The number of ether oxygens (including phenoxy) is 1. The summed E-state index contributed by atoms with van der Waals surface area (Å²) in [5.41, 5.74) is 0. The van der Waals surface area contributed by atoms with Gasteiger partial charge in [-0.2, -0.15) is 0 Å². The van der Waals surface area contributed by atoms with Gasteiger partial charge in [-0.25, -0.2) is 0 Å². The summed E-state index contributed by atoms with van der Waals surface area (Å²) in [5.74, 6) is 0. The number of unbranched alkanes of at least 4 members (excludes halogenated alkanes) is 3. The Kier molecular flexibility index (Phi) is 7.81. The van der Waals surface area contributed by atoms with Crippen molar-refractivity contribution < 1.29 is 4.74 Å². The zero-order valence-corrected chi connectivity index (χ0v) is 11.0. The first-order chi connectivity index (χ1) is 7.86. The summed E-state index contributed by atoms with van der Waals surface area (Å²) in [5, 5.41) is 3.19. The fraction of sp³-hybridized carbons (Fsp3) is 1.00. The molecule has 1 saturated heterocycles. The van der Waals surface area contributed by atoms with Gasteiger partial charge in [0.05, 0.1) is 6.10 Å². The Balaban J connectivity index is 1.95. The van der Waals surface area contributed by atoms with Gasteiger partial charge in [-0.05, 0) is 52.4 Å². The van der Waals surface area contributed by atoms with Crippen molar-refractivity contribution in [2.75, 3.05) is 40.3 Å². The molecule has 1 N–H and O–H groups in total. The molecule has 3 nitrogen and oxygen atoms in total. The van der Waals surface area contributed by atoms with Gasteiger partial charge >= 0.3 is 0 Å². The highest BCUT2D eigenvalue weighted by molar-refractivity contribution is 4.72. The van der Waals surface area contributed by atoms with Crippen LogP contribution in [0.2, 0.25) is 0 Å². The molecule has 0 aromatic rings. The Morgan fingerprint density at radius 3 is 2.81 bits per heavy atom. The summed E-state index contributed by atoms with van der Waals surface area (Å²) in [6, 6.07) is 0. The van der Waals surface area contributed by atoms with Crippen molar-refractivity contribution in [1.29, 1.82) is 0 Å². The van der Waals surface area contributed by atoms with Crippen molar-refractivity contribution in [3.05, 3.63) is 0 Å². The molecule has 1 unspecified atom stereocenters. The Morgan fingerprint density at radius 1 is 1.25 bits per heavy atom. The lowest BCUT2D eigenvalue weighted by atomic mass is 10.1. The SMILES string of the molecule is CNCCCCCCN1CCCC(OC)C1. The first-order valence-corrected chi connectivity index (χ1v) is 6.76. The summed E-state index contributed by atoms with van der Waals surface area (Å²) in [7, 11) is 3.87. The summed E-state index contributed by atoms with van der Waals surface area (Å²) in [6.45, 7) is 4.85. The lowest BCUT2D eigenvalue weighted by molar-refractivity contribution is 0.0309. The van der Waals surface area contributed by atoms with Crippen LogP contribution in [0, 0.1) is 0 Å². The molecule has 3 heteroatoms. The predicted molar refractivity (Wildman–Crippen MR) is 68.9 cm³/mol. The predicted octanol–water partition coefficient (Wildman–Crippen LogP) is 1.88. The summed E-state index contributed by atoms with van der Waals surface area (Å²) in [6.07, 6.45) is 8.43. The zero-order chi connectivity index (χ0) is 11.6. The van der Waals surface area contributed by atoms with Crippen LogP contribution >= 0.6 is 0 Å². The number of hydrogen-bond donors (Lipinski definition) is 1. The molecular formula is C13H28N2O. The Hall–Kier alpha value is -0.120. The van der Waals surface area contributed by atoms with Crippen molar-refractivity contribution in [2.45, 2.75) is 44.6 Å². The normalized spacial score (nSPS) is 22.5. The fourth-order valence-electron chi connectivity index (χ4n) is 2.40. The largest absolute Gasteiger partial charge is 0.380 e. The van der Waals surface area contributed by atoms with Crippen LogP contribution in [0.1, 0.15) is 38.5 Å². The summed E-state index contributed by atoms with van der Waals surface area (Å²) in [4.78, 5) is 2.57. The molecule has 1 atom stereocenters. The van der Waals surface area contributed by atoms with Gasteiger partial charge in [0.1, 0.15) is 0 Å². The van der Waals surface area contributed by atoms with Crippen LogP contribution in [0.15, 0.2) is 0 Å². The highest BCUT2D eigenvalue weighted by atomic mass is 16.5. The minimum absolute atomic E-state index is 0.484. The van der Waals surface area contributed by atoms with Crippen LogP contribution in [0.5, 0.6) is 0 Å². The van der Waals surface area contributed by atoms with Crippen LogP contribution in [-0.2, 0) is 4.74 Å². The third-order valence-electron chi connectivity index (χ3n) is 3.45. The smallest absolute Gasteiger partial charge is 0.0698 e. The average Bonchev–Trinajstić information content (AvgIpc) is 2.34. The van der Waals surface area contributed by atoms with Crippen LogP contribution in [0.3, 0.4) is 0 Å². The van der Waals surface area contributed by atoms with Crippen molar-refractivity contribution in [2.24, 2.45) is 0 Å². The topological polar surface area (TPSA) is 24.5 Å². The van der Waals surface area contributed by atoms with E-state index in [1.807, 2.05) is 14.2 Å². The van der Waals surface area contributed by atoms with E-state index in [1.54, 1.807) is 0 Å². The van der Waals surface area contributed by atoms with Crippen LogP contribution in [0.25, 0.3) is 0 Å². The van der Waals surface area contributed by atoms with E-state index >= 15 is 0 Å². The lowest BCUT2D eigenvalue weighted by Gasteiger charge is -2.31. The van der Waals surface area contributed by atoms with Gasteiger partial charge in [0.15, 0.2) is 0 Å². The fourth-order valence-corrected chi connectivity index (χ4v) is 2.40. The molecule has 1 rings (SSSR count). The second kappa shape index (κ2) is 8.97. The van der Waals surface area contributed by atoms with Gasteiger partial charge in [-0.3, -0.25) is 0 Å². The van der Waals surface area contributed by atoms with Crippen LogP contribution < -0.4 is 5.32 Å². The van der Waals surface area contributed by atoms with E-state index in [4.69, 9.17) is 4.74 Å². The minimum Gasteiger partial charge on any atom is -0.380 e. The lowest BCUT2D eigenvalue weighted by Crippen LogP contribution is -2.39. The molecule has 0 radical (unpaired) electrons. The maximum atomic E-state index is 5.43. The molecule has 0 spiro atoms. The molecule has 0 bridgehead atoms. The first-order valence-electron chi connectivity index (χ1n) is 6.76. The molecule has 1 heterocycles. The molecule has 0 aromatic heterocycles.